The van der Waals surface area contributed by atoms with Crippen molar-refractivity contribution in [2.24, 2.45) is 5.10 Å². The monoisotopic (exact) mass is 379 g/mol. The highest BCUT2D eigenvalue weighted by Gasteiger charge is 2.28. The fourth-order valence-corrected chi connectivity index (χ4v) is 3.92. The average molecular weight is 379 g/mol. The fraction of sp³-hybridized carbons (Fsp3) is 0.100. The van der Waals surface area contributed by atoms with Gasteiger partial charge in [0.25, 0.3) is 5.91 Å². The zero-order valence-corrected chi connectivity index (χ0v) is 15.4. The Kier molecular flexibility index (Phi) is 4.16. The van der Waals surface area contributed by atoms with Gasteiger partial charge in [0.05, 0.1) is 21.9 Å². The molecule has 7 heteroatoms. The molecule has 0 spiro atoms. The predicted octanol–water partition coefficient (Wildman–Crippen LogP) is 2.71. The van der Waals surface area contributed by atoms with E-state index in [1.807, 2.05) is 36.4 Å². The highest BCUT2D eigenvalue weighted by atomic mass is 32.2. The maximum atomic E-state index is 12.4. The number of para-hydroxylation sites is 1. The first kappa shape index (κ1) is 17.2. The van der Waals surface area contributed by atoms with Gasteiger partial charge >= 0.3 is 0 Å². The van der Waals surface area contributed by atoms with Crippen LogP contribution in [0.5, 0.6) is 0 Å². The van der Waals surface area contributed by atoms with Crippen molar-refractivity contribution in [1.82, 2.24) is 5.43 Å². The van der Waals surface area contributed by atoms with Crippen LogP contribution in [0.2, 0.25) is 0 Å². The Morgan fingerprint density at radius 2 is 1.74 bits per heavy atom. The second kappa shape index (κ2) is 6.51. The first-order chi connectivity index (χ1) is 13.0. The van der Waals surface area contributed by atoms with E-state index in [0.29, 0.717) is 22.5 Å². The molecule has 2 aromatic rings. The molecule has 2 aromatic carbocycles. The number of hydrogen-bond acceptors (Lipinski definition) is 5. The van der Waals surface area contributed by atoms with Crippen molar-refractivity contribution >= 4 is 33.2 Å². The van der Waals surface area contributed by atoms with Gasteiger partial charge in [0, 0.05) is 11.3 Å². The molecular formula is C20H17N3O3S. The Hall–Kier alpha value is -3.19. The summed E-state index contributed by atoms with van der Waals surface area (Å²) >= 11 is 0. The van der Waals surface area contributed by atoms with Crippen molar-refractivity contribution in [3.05, 3.63) is 77.0 Å². The molecule has 0 fully saturated rings. The molecule has 2 N–H and O–H groups in total. The van der Waals surface area contributed by atoms with Crippen LogP contribution in [0.1, 0.15) is 18.1 Å². The minimum atomic E-state index is -3.27. The molecule has 2 heterocycles. The van der Waals surface area contributed by atoms with Crippen molar-refractivity contribution in [2.75, 3.05) is 11.1 Å². The molecule has 2 aliphatic heterocycles. The number of hydrazone groups is 1. The minimum absolute atomic E-state index is 0.0385. The van der Waals surface area contributed by atoms with E-state index < -0.39 is 9.84 Å². The SMILES string of the molecule is CCS(=O)(=O)c1ccc(C2=NNC(=O)/C2=C2/C=Cc3ccccc3N2)cc1. The molecule has 0 atom stereocenters. The van der Waals surface area contributed by atoms with Crippen molar-refractivity contribution in [3.8, 4) is 0 Å². The van der Waals surface area contributed by atoms with E-state index >= 15 is 0 Å². The van der Waals surface area contributed by atoms with Gasteiger partial charge in [0.15, 0.2) is 9.84 Å². The maximum Gasteiger partial charge on any atom is 0.275 e. The summed E-state index contributed by atoms with van der Waals surface area (Å²) in [6, 6.07) is 14.2. The summed E-state index contributed by atoms with van der Waals surface area (Å²) < 4.78 is 24.0. The Labute approximate surface area is 157 Å². The highest BCUT2D eigenvalue weighted by Crippen LogP contribution is 2.28. The molecule has 0 aliphatic carbocycles. The zero-order chi connectivity index (χ0) is 19.0. The van der Waals surface area contributed by atoms with E-state index in [2.05, 4.69) is 15.8 Å². The van der Waals surface area contributed by atoms with Crippen LogP contribution in [0.3, 0.4) is 0 Å². The van der Waals surface area contributed by atoms with Gasteiger partial charge < -0.3 is 5.32 Å². The van der Waals surface area contributed by atoms with Crippen molar-refractivity contribution < 1.29 is 13.2 Å². The molecule has 0 bridgehead atoms. The van der Waals surface area contributed by atoms with E-state index in [0.717, 1.165) is 11.3 Å². The van der Waals surface area contributed by atoms with Crippen LogP contribution in [-0.4, -0.2) is 25.8 Å². The van der Waals surface area contributed by atoms with Crippen molar-refractivity contribution in [2.45, 2.75) is 11.8 Å². The van der Waals surface area contributed by atoms with Crippen LogP contribution in [0.4, 0.5) is 5.69 Å². The lowest BCUT2D eigenvalue weighted by Crippen LogP contribution is -2.19. The average Bonchev–Trinajstić information content (AvgIpc) is 3.09. The molecule has 0 saturated carbocycles. The standard InChI is InChI=1S/C20H17N3O3S/c1-2-27(25,26)15-10-7-14(8-11-15)19-18(20(24)23-22-19)17-12-9-13-5-3-4-6-16(13)21-17/h3-12,21H,2H2,1H3,(H,23,24)/b18-17-. The van der Waals surface area contributed by atoms with Gasteiger partial charge in [-0.3, -0.25) is 4.79 Å². The van der Waals surface area contributed by atoms with Gasteiger partial charge in [-0.05, 0) is 29.8 Å². The zero-order valence-electron chi connectivity index (χ0n) is 14.6. The van der Waals surface area contributed by atoms with Crippen LogP contribution in [-0.2, 0) is 14.6 Å². The van der Waals surface area contributed by atoms with Crippen LogP contribution in [0, 0.1) is 0 Å². The second-order valence-electron chi connectivity index (χ2n) is 6.16. The summed E-state index contributed by atoms with van der Waals surface area (Å²) in [5.74, 6) is -0.265. The molecular weight excluding hydrogens is 362 g/mol. The molecule has 0 saturated heterocycles. The number of fused-ring (bicyclic) bond motifs is 1. The van der Waals surface area contributed by atoms with Crippen LogP contribution >= 0.6 is 0 Å². The summed E-state index contributed by atoms with van der Waals surface area (Å²) in [5, 5.41) is 7.42. The number of nitrogens with one attached hydrogen (secondary N) is 2. The number of rotatable bonds is 3. The third-order valence-corrected chi connectivity index (χ3v) is 6.28. The largest absolute Gasteiger partial charge is 0.354 e. The van der Waals surface area contributed by atoms with E-state index in [4.69, 9.17) is 0 Å². The van der Waals surface area contributed by atoms with E-state index in [1.165, 1.54) is 0 Å². The Morgan fingerprint density at radius 1 is 1.00 bits per heavy atom. The minimum Gasteiger partial charge on any atom is -0.354 e. The van der Waals surface area contributed by atoms with Gasteiger partial charge in [0.2, 0.25) is 0 Å². The van der Waals surface area contributed by atoms with E-state index in [-0.39, 0.29) is 16.6 Å². The fourth-order valence-electron chi connectivity index (χ4n) is 3.03. The Morgan fingerprint density at radius 3 is 2.48 bits per heavy atom. The lowest BCUT2D eigenvalue weighted by molar-refractivity contribution is -0.116. The lowest BCUT2D eigenvalue weighted by atomic mass is 9.98. The summed E-state index contributed by atoms with van der Waals surface area (Å²) in [6.45, 7) is 1.61. The summed E-state index contributed by atoms with van der Waals surface area (Å²) in [7, 11) is -3.27. The summed E-state index contributed by atoms with van der Waals surface area (Å²) in [4.78, 5) is 12.6. The number of benzene rings is 2. The van der Waals surface area contributed by atoms with E-state index in [1.54, 1.807) is 31.2 Å². The van der Waals surface area contributed by atoms with Crippen molar-refractivity contribution in [1.29, 1.82) is 0 Å². The lowest BCUT2D eigenvalue weighted by Gasteiger charge is -2.17. The summed E-state index contributed by atoms with van der Waals surface area (Å²) in [5.41, 5.74) is 6.65. The third kappa shape index (κ3) is 3.06. The molecule has 136 valence electrons. The maximum absolute atomic E-state index is 12.4. The Balaban J connectivity index is 1.73. The van der Waals surface area contributed by atoms with E-state index in [9.17, 15) is 13.2 Å². The number of anilines is 1. The molecule has 4 rings (SSSR count). The molecule has 6 nitrogen and oxygen atoms in total. The van der Waals surface area contributed by atoms with Crippen LogP contribution in [0.25, 0.3) is 6.08 Å². The first-order valence-corrected chi connectivity index (χ1v) is 10.1. The highest BCUT2D eigenvalue weighted by molar-refractivity contribution is 7.91. The molecule has 0 radical (unpaired) electrons. The predicted molar refractivity (Wildman–Crippen MR) is 105 cm³/mol. The number of amides is 1. The van der Waals surface area contributed by atoms with Gasteiger partial charge in [-0.2, -0.15) is 5.10 Å². The number of sulfone groups is 1. The smallest absolute Gasteiger partial charge is 0.275 e. The van der Waals surface area contributed by atoms with Gasteiger partial charge in [-0.15, -0.1) is 0 Å². The van der Waals surface area contributed by atoms with Gasteiger partial charge in [-0.1, -0.05) is 43.3 Å². The topological polar surface area (TPSA) is 87.6 Å². The third-order valence-electron chi connectivity index (χ3n) is 4.53. The molecule has 2 aliphatic rings. The van der Waals surface area contributed by atoms with Crippen molar-refractivity contribution in [3.63, 3.8) is 0 Å². The normalized spacial score (nSPS) is 18.6. The quantitative estimate of drug-likeness (QED) is 0.803. The molecule has 0 aromatic heterocycles. The van der Waals surface area contributed by atoms with Gasteiger partial charge in [-0.25, -0.2) is 13.8 Å². The molecule has 27 heavy (non-hydrogen) atoms. The van der Waals surface area contributed by atoms with Crippen LogP contribution in [0.15, 0.2) is 75.9 Å². The Bertz CT molecular complexity index is 1130. The molecule has 0 unspecified atom stereocenters. The van der Waals surface area contributed by atoms with Crippen LogP contribution < -0.4 is 10.7 Å². The molecule has 1 amide bonds. The second-order valence-corrected chi connectivity index (χ2v) is 8.44. The number of carbonyl (C=O) groups is 1. The van der Waals surface area contributed by atoms with Gasteiger partial charge in [0.1, 0.15) is 5.71 Å². The summed E-state index contributed by atoms with van der Waals surface area (Å²) in [6.07, 6.45) is 3.78. The number of nitrogens with zero attached hydrogens (tertiary/aromatic N) is 1. The number of hydrogen-bond donors (Lipinski definition) is 2. The first-order valence-electron chi connectivity index (χ1n) is 8.49. The number of allylic oxidation sites excluding steroid dienone is 1. The number of carbonyl (C=O) groups excluding carboxylic acids is 1.